The van der Waals surface area contributed by atoms with Gasteiger partial charge in [-0.05, 0) is 39.3 Å². The van der Waals surface area contributed by atoms with Crippen molar-refractivity contribution in [1.82, 2.24) is 24.5 Å². The number of carbonyl (C=O) groups excluding carboxylic acids is 1. The minimum absolute atomic E-state index is 0.0543. The van der Waals surface area contributed by atoms with Gasteiger partial charge in [-0.3, -0.25) is 9.48 Å². The zero-order valence-electron chi connectivity index (χ0n) is 16.8. The lowest BCUT2D eigenvalue weighted by Crippen LogP contribution is -2.46. The number of aryl methyl sites for hydroxylation is 4. The Morgan fingerprint density at radius 3 is 2.71 bits per heavy atom. The van der Waals surface area contributed by atoms with Crippen LogP contribution in [0.3, 0.4) is 0 Å². The number of amides is 1. The van der Waals surface area contributed by atoms with Gasteiger partial charge in [0.2, 0.25) is 11.9 Å². The summed E-state index contributed by atoms with van der Waals surface area (Å²) in [7, 11) is 1.88. The maximum absolute atomic E-state index is 13.4. The summed E-state index contributed by atoms with van der Waals surface area (Å²) in [6.45, 7) is 8.00. The van der Waals surface area contributed by atoms with E-state index < -0.39 is 0 Å². The third-order valence-corrected chi connectivity index (χ3v) is 5.38. The molecule has 8 heteroatoms. The van der Waals surface area contributed by atoms with Gasteiger partial charge in [0.1, 0.15) is 6.33 Å². The van der Waals surface area contributed by atoms with Gasteiger partial charge in [0.15, 0.2) is 0 Å². The molecule has 0 radical (unpaired) electrons. The lowest BCUT2D eigenvalue weighted by molar-refractivity contribution is -0.121. The van der Waals surface area contributed by atoms with Gasteiger partial charge in [-0.1, -0.05) is 17.7 Å². The highest BCUT2D eigenvalue weighted by molar-refractivity contribution is 5.94. The van der Waals surface area contributed by atoms with Crippen LogP contribution < -0.4 is 10.6 Å². The average Bonchev–Trinajstić information content (AvgIpc) is 3.21. The second-order valence-corrected chi connectivity index (χ2v) is 7.58. The van der Waals surface area contributed by atoms with Crippen LogP contribution in [0.25, 0.3) is 0 Å². The number of aromatic nitrogens is 5. The quantitative estimate of drug-likeness (QED) is 0.730. The van der Waals surface area contributed by atoms with Gasteiger partial charge in [-0.15, -0.1) is 0 Å². The first kappa shape index (κ1) is 18.2. The molecule has 0 spiro atoms. The monoisotopic (exact) mass is 379 g/mol. The average molecular weight is 379 g/mol. The standard InChI is InChI=1S/C20H25N7O/c1-11-6-7-16(12(2)8-11)24-19(28)17-14(4)23-20-21-10-22-27(20)18(17)15-9-26(5)25-13(15)3/h6-10,14,17-18H,1-5H3,(H,24,28)(H,21,22,23)/t14-,17-,18+/m0/s1. The topological polar surface area (TPSA) is 89.7 Å². The molecule has 146 valence electrons. The van der Waals surface area contributed by atoms with Crippen LogP contribution >= 0.6 is 0 Å². The molecule has 2 N–H and O–H groups in total. The molecule has 1 amide bonds. The summed E-state index contributed by atoms with van der Waals surface area (Å²) in [5, 5.41) is 15.3. The molecule has 0 aliphatic carbocycles. The van der Waals surface area contributed by atoms with Gasteiger partial charge >= 0.3 is 0 Å². The van der Waals surface area contributed by atoms with E-state index in [0.29, 0.717) is 5.95 Å². The molecule has 0 saturated carbocycles. The Hall–Kier alpha value is -3.16. The molecule has 3 atom stereocenters. The molecule has 28 heavy (non-hydrogen) atoms. The lowest BCUT2D eigenvalue weighted by atomic mass is 9.85. The molecule has 4 rings (SSSR count). The molecule has 0 bridgehead atoms. The maximum atomic E-state index is 13.4. The van der Waals surface area contributed by atoms with E-state index in [9.17, 15) is 4.79 Å². The number of rotatable bonds is 3. The van der Waals surface area contributed by atoms with Crippen molar-refractivity contribution >= 4 is 17.5 Å². The molecule has 0 unspecified atom stereocenters. The van der Waals surface area contributed by atoms with E-state index in [2.05, 4.69) is 31.9 Å². The summed E-state index contributed by atoms with van der Waals surface area (Å²) >= 11 is 0. The van der Waals surface area contributed by atoms with Crippen LogP contribution in [0, 0.1) is 26.7 Å². The number of carbonyl (C=O) groups is 1. The second-order valence-electron chi connectivity index (χ2n) is 7.58. The third kappa shape index (κ3) is 3.04. The zero-order chi connectivity index (χ0) is 20.0. The predicted octanol–water partition coefficient (Wildman–Crippen LogP) is 2.60. The van der Waals surface area contributed by atoms with Gasteiger partial charge in [0, 0.05) is 30.5 Å². The van der Waals surface area contributed by atoms with Gasteiger partial charge in [0.05, 0.1) is 17.7 Å². The van der Waals surface area contributed by atoms with Crippen molar-refractivity contribution in [3.05, 3.63) is 53.1 Å². The fourth-order valence-electron chi connectivity index (χ4n) is 4.05. The van der Waals surface area contributed by atoms with Gasteiger partial charge in [0.25, 0.3) is 0 Å². The Labute approximate surface area is 164 Å². The summed E-state index contributed by atoms with van der Waals surface area (Å²) in [6, 6.07) is 5.62. The Bertz CT molecular complexity index is 1040. The summed E-state index contributed by atoms with van der Waals surface area (Å²) in [5.41, 5.74) is 4.89. The third-order valence-electron chi connectivity index (χ3n) is 5.38. The van der Waals surface area contributed by atoms with Crippen LogP contribution in [-0.4, -0.2) is 36.5 Å². The van der Waals surface area contributed by atoms with Crippen molar-refractivity contribution in [1.29, 1.82) is 0 Å². The van der Waals surface area contributed by atoms with Crippen LogP contribution in [0.15, 0.2) is 30.7 Å². The van der Waals surface area contributed by atoms with E-state index >= 15 is 0 Å². The number of benzene rings is 1. The summed E-state index contributed by atoms with van der Waals surface area (Å²) in [6.07, 6.45) is 3.47. The number of anilines is 2. The Morgan fingerprint density at radius 1 is 1.25 bits per heavy atom. The number of fused-ring (bicyclic) bond motifs is 1. The van der Waals surface area contributed by atoms with Crippen LogP contribution in [-0.2, 0) is 11.8 Å². The highest BCUT2D eigenvalue weighted by Crippen LogP contribution is 2.37. The van der Waals surface area contributed by atoms with E-state index in [1.54, 1.807) is 9.36 Å². The first-order valence-corrected chi connectivity index (χ1v) is 9.39. The SMILES string of the molecule is Cc1ccc(NC(=O)[C@H]2[C@H](C)Nc3ncnn3[C@@H]2c2cn(C)nc2C)c(C)c1. The highest BCUT2D eigenvalue weighted by atomic mass is 16.2. The Kier molecular flexibility index (Phi) is 4.41. The van der Waals surface area contributed by atoms with E-state index in [4.69, 9.17) is 0 Å². The predicted molar refractivity (Wildman–Crippen MR) is 107 cm³/mol. The number of hydrogen-bond donors (Lipinski definition) is 2. The number of nitrogens with one attached hydrogen (secondary N) is 2. The molecule has 1 aromatic carbocycles. The van der Waals surface area contributed by atoms with Crippen LogP contribution in [0.1, 0.15) is 35.3 Å². The van der Waals surface area contributed by atoms with Crippen LogP contribution in [0.2, 0.25) is 0 Å². The Balaban J connectivity index is 1.74. The molecular weight excluding hydrogens is 354 g/mol. The normalized spacial score (nSPS) is 21.1. The highest BCUT2D eigenvalue weighted by Gasteiger charge is 2.42. The van der Waals surface area contributed by atoms with Crippen molar-refractivity contribution in [2.45, 2.75) is 39.8 Å². The van der Waals surface area contributed by atoms with Gasteiger partial charge < -0.3 is 10.6 Å². The van der Waals surface area contributed by atoms with E-state index in [-0.39, 0.29) is 23.9 Å². The van der Waals surface area contributed by atoms with E-state index in [1.165, 1.54) is 11.9 Å². The smallest absolute Gasteiger partial charge is 0.232 e. The molecule has 2 aromatic heterocycles. The minimum atomic E-state index is -0.377. The molecule has 1 aliphatic rings. The van der Waals surface area contributed by atoms with Gasteiger partial charge in [-0.2, -0.15) is 15.2 Å². The fourth-order valence-corrected chi connectivity index (χ4v) is 4.05. The van der Waals surface area contributed by atoms with Crippen molar-refractivity contribution in [3.8, 4) is 0 Å². The molecule has 3 aromatic rings. The van der Waals surface area contributed by atoms with E-state index in [1.807, 2.05) is 53.1 Å². The minimum Gasteiger partial charge on any atom is -0.351 e. The van der Waals surface area contributed by atoms with Crippen LogP contribution in [0.4, 0.5) is 11.6 Å². The van der Waals surface area contributed by atoms with Crippen LogP contribution in [0.5, 0.6) is 0 Å². The van der Waals surface area contributed by atoms with Crippen molar-refractivity contribution in [2.75, 3.05) is 10.6 Å². The number of hydrogen-bond acceptors (Lipinski definition) is 5. The lowest BCUT2D eigenvalue weighted by Gasteiger charge is -2.36. The van der Waals surface area contributed by atoms with Crippen molar-refractivity contribution in [2.24, 2.45) is 13.0 Å². The zero-order valence-corrected chi connectivity index (χ0v) is 16.8. The maximum Gasteiger partial charge on any atom is 0.232 e. The molecule has 1 aliphatic heterocycles. The molecule has 3 heterocycles. The summed E-state index contributed by atoms with van der Waals surface area (Å²) < 4.78 is 3.56. The summed E-state index contributed by atoms with van der Waals surface area (Å²) in [5.74, 6) is 0.232. The molecule has 0 saturated heterocycles. The fraction of sp³-hybridized carbons (Fsp3) is 0.400. The summed E-state index contributed by atoms with van der Waals surface area (Å²) in [4.78, 5) is 17.7. The number of nitrogens with zero attached hydrogens (tertiary/aromatic N) is 5. The molecule has 0 fully saturated rings. The molecular formula is C20H25N7O. The first-order valence-electron chi connectivity index (χ1n) is 9.39. The molecule has 8 nitrogen and oxygen atoms in total. The van der Waals surface area contributed by atoms with Gasteiger partial charge in [-0.25, -0.2) is 4.68 Å². The second kappa shape index (κ2) is 6.78. The van der Waals surface area contributed by atoms with E-state index in [0.717, 1.165) is 22.5 Å². The van der Waals surface area contributed by atoms with Crippen molar-refractivity contribution < 1.29 is 4.79 Å². The first-order chi connectivity index (χ1) is 13.3. The van der Waals surface area contributed by atoms with Crippen molar-refractivity contribution in [3.63, 3.8) is 0 Å². The Morgan fingerprint density at radius 2 is 2.04 bits per heavy atom. The largest absolute Gasteiger partial charge is 0.351 e.